The molecule has 3 heterocycles. The number of aryl methyl sites for hydroxylation is 1. The van der Waals surface area contributed by atoms with Crippen molar-refractivity contribution in [2.75, 3.05) is 7.11 Å². The lowest BCUT2D eigenvalue weighted by atomic mass is 9.97. The van der Waals surface area contributed by atoms with E-state index in [4.69, 9.17) is 19.0 Å². The normalized spacial score (nSPS) is 19.6. The maximum absolute atomic E-state index is 11.8. The second kappa shape index (κ2) is 7.32. The summed E-state index contributed by atoms with van der Waals surface area (Å²) in [6.07, 6.45) is 0.306. The highest BCUT2D eigenvalue weighted by Gasteiger charge is 2.41. The summed E-state index contributed by atoms with van der Waals surface area (Å²) in [6, 6.07) is 17.2. The fraction of sp³-hybridized carbons (Fsp3) is 0.217. The number of hydrazone groups is 1. The van der Waals surface area contributed by atoms with E-state index in [1.54, 1.807) is 12.1 Å². The number of hydrogen-bond acceptors (Lipinski definition) is 6. The molecular weight excluding hydrogens is 448 g/mol. The van der Waals surface area contributed by atoms with E-state index in [0.29, 0.717) is 5.56 Å². The molecule has 0 amide bonds. The van der Waals surface area contributed by atoms with E-state index in [0.717, 1.165) is 45.0 Å². The number of carbonyl (C=O) groups excluding carboxylic acids is 1. The summed E-state index contributed by atoms with van der Waals surface area (Å²) in [5.74, 6) is 2.09. The Bertz CT molecular complexity index is 1150. The molecule has 152 valence electrons. The largest absolute Gasteiger partial charge is 0.465 e. The molecule has 0 spiro atoms. The lowest BCUT2D eigenvalue weighted by Crippen LogP contribution is -2.33. The molecule has 2 aliphatic rings. The zero-order valence-electron chi connectivity index (χ0n) is 16.5. The quantitative estimate of drug-likeness (QED) is 0.484. The Morgan fingerprint density at radius 2 is 1.97 bits per heavy atom. The maximum atomic E-state index is 11.8. The summed E-state index contributed by atoms with van der Waals surface area (Å²) in [5.41, 5.74) is 3.37. The molecule has 0 radical (unpaired) electrons. The van der Waals surface area contributed by atoms with Gasteiger partial charge in [0.2, 0.25) is 6.23 Å². The fourth-order valence-electron chi connectivity index (χ4n) is 3.92. The van der Waals surface area contributed by atoms with Gasteiger partial charge in [0.1, 0.15) is 23.0 Å². The Morgan fingerprint density at radius 3 is 2.67 bits per heavy atom. The van der Waals surface area contributed by atoms with Crippen molar-refractivity contribution < 1.29 is 18.7 Å². The second-order valence-electron chi connectivity index (χ2n) is 7.32. The monoisotopic (exact) mass is 466 g/mol. The summed E-state index contributed by atoms with van der Waals surface area (Å²) in [7, 11) is 1.37. The molecule has 0 saturated heterocycles. The highest BCUT2D eigenvalue weighted by atomic mass is 79.9. The van der Waals surface area contributed by atoms with Gasteiger partial charge in [-0.2, -0.15) is 5.10 Å². The van der Waals surface area contributed by atoms with Crippen LogP contribution in [0.1, 0.15) is 51.7 Å². The third kappa shape index (κ3) is 3.19. The van der Waals surface area contributed by atoms with Gasteiger partial charge in [0.25, 0.3) is 0 Å². The molecule has 0 fully saturated rings. The lowest BCUT2D eigenvalue weighted by molar-refractivity contribution is -0.0191. The topological polar surface area (TPSA) is 64.3 Å². The molecule has 0 aliphatic carbocycles. The zero-order valence-corrected chi connectivity index (χ0v) is 18.0. The molecule has 0 saturated carbocycles. The van der Waals surface area contributed by atoms with Crippen LogP contribution in [-0.4, -0.2) is 23.8 Å². The number of methoxy groups -OCH3 is 1. The first-order chi connectivity index (χ1) is 14.5. The van der Waals surface area contributed by atoms with Gasteiger partial charge in [0.05, 0.1) is 18.7 Å². The van der Waals surface area contributed by atoms with E-state index in [1.165, 1.54) is 7.11 Å². The van der Waals surface area contributed by atoms with E-state index in [2.05, 4.69) is 22.0 Å². The molecule has 0 N–H and O–H groups in total. The van der Waals surface area contributed by atoms with Gasteiger partial charge in [-0.3, -0.25) is 0 Å². The minimum absolute atomic E-state index is 0.0249. The van der Waals surface area contributed by atoms with Gasteiger partial charge in [-0.25, -0.2) is 9.80 Å². The van der Waals surface area contributed by atoms with Crippen molar-refractivity contribution in [2.45, 2.75) is 25.6 Å². The van der Waals surface area contributed by atoms with E-state index in [1.807, 2.05) is 48.3 Å². The third-order valence-electron chi connectivity index (χ3n) is 5.39. The summed E-state index contributed by atoms with van der Waals surface area (Å²) in [4.78, 5) is 11.8. The first-order valence-electron chi connectivity index (χ1n) is 9.60. The zero-order chi connectivity index (χ0) is 20.8. The number of benzene rings is 2. The number of ether oxygens (including phenoxy) is 2. The van der Waals surface area contributed by atoms with Crippen LogP contribution in [0.2, 0.25) is 0 Å². The highest BCUT2D eigenvalue weighted by Crippen LogP contribution is 2.48. The minimum atomic E-state index is -0.413. The predicted octanol–water partition coefficient (Wildman–Crippen LogP) is 5.38. The van der Waals surface area contributed by atoms with Crippen LogP contribution < -0.4 is 4.74 Å². The number of fused-ring (bicyclic) bond motifs is 3. The highest BCUT2D eigenvalue weighted by molar-refractivity contribution is 9.10. The van der Waals surface area contributed by atoms with Crippen molar-refractivity contribution in [2.24, 2.45) is 5.10 Å². The van der Waals surface area contributed by atoms with Gasteiger partial charge in [0, 0.05) is 22.0 Å². The van der Waals surface area contributed by atoms with Gasteiger partial charge in [-0.1, -0.05) is 28.1 Å². The Kier molecular flexibility index (Phi) is 4.62. The van der Waals surface area contributed by atoms with E-state index < -0.39 is 6.23 Å². The molecule has 5 rings (SSSR count). The van der Waals surface area contributed by atoms with Crippen LogP contribution >= 0.6 is 15.9 Å². The van der Waals surface area contributed by atoms with Gasteiger partial charge < -0.3 is 13.9 Å². The molecule has 6 nitrogen and oxygen atoms in total. The fourth-order valence-corrected chi connectivity index (χ4v) is 4.30. The molecule has 2 aromatic carbocycles. The molecule has 2 atom stereocenters. The van der Waals surface area contributed by atoms with Crippen LogP contribution in [0, 0.1) is 6.92 Å². The molecule has 0 bridgehead atoms. The molecule has 2 aliphatic heterocycles. The Hall–Kier alpha value is -3.06. The van der Waals surface area contributed by atoms with Crippen molar-refractivity contribution in [1.82, 2.24) is 5.01 Å². The van der Waals surface area contributed by atoms with Crippen molar-refractivity contribution in [3.05, 3.63) is 87.3 Å². The van der Waals surface area contributed by atoms with Crippen molar-refractivity contribution in [3.63, 3.8) is 0 Å². The van der Waals surface area contributed by atoms with Crippen molar-refractivity contribution in [1.29, 1.82) is 0 Å². The van der Waals surface area contributed by atoms with Gasteiger partial charge in [-0.15, -0.1) is 0 Å². The van der Waals surface area contributed by atoms with Crippen LogP contribution in [0.3, 0.4) is 0 Å². The standard InChI is InChI=1S/C23H19BrN2O4/c1-13-3-9-21(29-13)18-12-19-17-11-16(24)8-10-20(17)30-22(26(19)25-18)14-4-6-15(7-5-14)23(27)28-2/h3-11,19,22H,12H2,1-2H3. The number of nitrogens with zero attached hydrogens (tertiary/aromatic N) is 2. The Balaban J connectivity index is 1.56. The number of esters is 1. The van der Waals surface area contributed by atoms with Gasteiger partial charge >= 0.3 is 5.97 Å². The number of furan rings is 1. The molecule has 2 unspecified atom stereocenters. The summed E-state index contributed by atoms with van der Waals surface area (Å²) < 4.78 is 18.0. The number of halogens is 1. The molecule has 3 aromatic rings. The van der Waals surface area contributed by atoms with Crippen LogP contribution in [0.25, 0.3) is 0 Å². The minimum Gasteiger partial charge on any atom is -0.465 e. The van der Waals surface area contributed by atoms with Gasteiger partial charge in [-0.05, 0) is 49.4 Å². The number of rotatable bonds is 3. The summed E-state index contributed by atoms with van der Waals surface area (Å²) in [5, 5.41) is 6.86. The first-order valence-corrected chi connectivity index (χ1v) is 10.4. The average molecular weight is 467 g/mol. The Labute approximate surface area is 182 Å². The molecule has 7 heteroatoms. The predicted molar refractivity (Wildman–Crippen MR) is 114 cm³/mol. The van der Waals surface area contributed by atoms with Crippen LogP contribution in [0.15, 0.2) is 68.6 Å². The summed E-state index contributed by atoms with van der Waals surface area (Å²) >= 11 is 3.57. The average Bonchev–Trinajstić information content (AvgIpc) is 3.39. The smallest absolute Gasteiger partial charge is 0.337 e. The van der Waals surface area contributed by atoms with Gasteiger partial charge in [0.15, 0.2) is 0 Å². The van der Waals surface area contributed by atoms with Crippen LogP contribution in [0.4, 0.5) is 0 Å². The second-order valence-corrected chi connectivity index (χ2v) is 8.24. The van der Waals surface area contributed by atoms with E-state index in [-0.39, 0.29) is 12.0 Å². The molecule has 1 aromatic heterocycles. The summed E-state index contributed by atoms with van der Waals surface area (Å²) in [6.45, 7) is 1.92. The number of carbonyl (C=O) groups is 1. The van der Waals surface area contributed by atoms with Crippen LogP contribution in [0.5, 0.6) is 5.75 Å². The van der Waals surface area contributed by atoms with E-state index in [9.17, 15) is 4.79 Å². The van der Waals surface area contributed by atoms with Crippen LogP contribution in [-0.2, 0) is 4.74 Å². The van der Waals surface area contributed by atoms with E-state index >= 15 is 0 Å². The van der Waals surface area contributed by atoms with Crippen molar-refractivity contribution in [3.8, 4) is 5.75 Å². The molecular formula is C23H19BrN2O4. The maximum Gasteiger partial charge on any atom is 0.337 e. The SMILES string of the molecule is COC(=O)c1ccc(C2Oc3ccc(Br)cc3C3CC(c4ccc(C)o4)=NN32)cc1. The third-order valence-corrected chi connectivity index (χ3v) is 5.89. The molecule has 30 heavy (non-hydrogen) atoms. The first kappa shape index (κ1) is 18.9. The van der Waals surface area contributed by atoms with Crippen molar-refractivity contribution >= 4 is 27.6 Å². The lowest BCUT2D eigenvalue weighted by Gasteiger charge is -2.38. The number of hydrogen-bond donors (Lipinski definition) is 0. The Morgan fingerprint density at radius 1 is 1.17 bits per heavy atom.